The lowest BCUT2D eigenvalue weighted by atomic mass is 9.71. The summed E-state index contributed by atoms with van der Waals surface area (Å²) in [6, 6.07) is 0. The molecular weight excluding hydrogens is 188 g/mol. The van der Waals surface area contributed by atoms with Crippen molar-refractivity contribution in [3.63, 3.8) is 0 Å². The van der Waals surface area contributed by atoms with Gasteiger partial charge in [0.15, 0.2) is 0 Å². The summed E-state index contributed by atoms with van der Waals surface area (Å²) in [7, 11) is 0. The highest BCUT2D eigenvalue weighted by molar-refractivity contribution is 5.31. The first kappa shape index (κ1) is 11.2. The van der Waals surface area contributed by atoms with Gasteiger partial charge >= 0.3 is 0 Å². The molecule has 0 fully saturated rings. The second kappa shape index (κ2) is 3.91. The summed E-state index contributed by atoms with van der Waals surface area (Å²) in [6.07, 6.45) is 4.41. The zero-order valence-corrected chi connectivity index (χ0v) is 10.0. The fourth-order valence-electron chi connectivity index (χ4n) is 3.09. The van der Waals surface area contributed by atoms with Gasteiger partial charge in [0.1, 0.15) is 0 Å². The zero-order valence-electron chi connectivity index (χ0n) is 10.0. The minimum atomic E-state index is -0.264. The molecule has 2 heteroatoms. The summed E-state index contributed by atoms with van der Waals surface area (Å²) >= 11 is 0. The molecule has 0 radical (unpaired) electrons. The van der Waals surface area contributed by atoms with E-state index in [1.807, 2.05) is 6.92 Å². The minimum Gasteiger partial charge on any atom is -0.393 e. The Morgan fingerprint density at radius 3 is 2.93 bits per heavy atom. The maximum atomic E-state index is 9.47. The monoisotopic (exact) mass is 210 g/mol. The Labute approximate surface area is 92.3 Å². The molecule has 0 amide bonds. The van der Waals surface area contributed by atoms with Gasteiger partial charge in [-0.25, -0.2) is 0 Å². The van der Waals surface area contributed by atoms with E-state index in [0.717, 1.165) is 13.0 Å². The van der Waals surface area contributed by atoms with Gasteiger partial charge in [0.2, 0.25) is 0 Å². The Bertz CT molecular complexity index is 276. The van der Waals surface area contributed by atoms with Crippen LogP contribution in [-0.4, -0.2) is 23.9 Å². The van der Waals surface area contributed by atoms with Crippen LogP contribution >= 0.6 is 0 Å². The highest BCUT2D eigenvalue weighted by atomic mass is 16.5. The third kappa shape index (κ3) is 2.11. The predicted octanol–water partition coefficient (Wildman–Crippen LogP) is 2.66. The van der Waals surface area contributed by atoms with Gasteiger partial charge in [-0.15, -0.1) is 0 Å². The van der Waals surface area contributed by atoms with Crippen LogP contribution in [0.2, 0.25) is 0 Å². The maximum Gasteiger partial charge on any atom is 0.0822 e. The van der Waals surface area contributed by atoms with Gasteiger partial charge in [-0.05, 0) is 42.7 Å². The lowest BCUT2D eigenvalue weighted by molar-refractivity contribution is 0.0602. The number of aliphatic hydroxyl groups excluding tert-OH is 1. The molecule has 2 aliphatic rings. The van der Waals surface area contributed by atoms with E-state index in [4.69, 9.17) is 4.74 Å². The number of hydrogen-bond donors (Lipinski definition) is 1. The molecule has 15 heavy (non-hydrogen) atoms. The Hall–Kier alpha value is -0.340. The quantitative estimate of drug-likeness (QED) is 0.710. The Morgan fingerprint density at radius 2 is 2.27 bits per heavy atom. The summed E-state index contributed by atoms with van der Waals surface area (Å²) in [4.78, 5) is 0. The van der Waals surface area contributed by atoms with Crippen molar-refractivity contribution in [2.75, 3.05) is 6.61 Å². The number of aliphatic hydroxyl groups is 1. The molecule has 0 saturated heterocycles. The molecule has 0 bridgehead atoms. The van der Waals surface area contributed by atoms with Crippen LogP contribution in [0.15, 0.2) is 11.1 Å². The van der Waals surface area contributed by atoms with Crippen molar-refractivity contribution in [2.24, 2.45) is 5.41 Å². The van der Waals surface area contributed by atoms with Gasteiger partial charge in [0.25, 0.3) is 0 Å². The average molecular weight is 210 g/mol. The van der Waals surface area contributed by atoms with E-state index in [0.29, 0.717) is 0 Å². The van der Waals surface area contributed by atoms with Gasteiger partial charge in [-0.1, -0.05) is 13.8 Å². The molecule has 0 aromatic rings. The van der Waals surface area contributed by atoms with Gasteiger partial charge in [0.05, 0.1) is 18.8 Å². The van der Waals surface area contributed by atoms with Crippen molar-refractivity contribution in [3.05, 3.63) is 11.1 Å². The molecule has 0 aromatic carbocycles. The summed E-state index contributed by atoms with van der Waals surface area (Å²) in [6.45, 7) is 7.27. The topological polar surface area (TPSA) is 29.5 Å². The lowest BCUT2D eigenvalue weighted by Crippen LogP contribution is -2.28. The summed E-state index contributed by atoms with van der Waals surface area (Å²) < 4.78 is 5.81. The van der Waals surface area contributed by atoms with E-state index in [9.17, 15) is 5.11 Å². The predicted molar refractivity (Wildman–Crippen MR) is 60.7 cm³/mol. The number of ether oxygens (including phenoxy) is 1. The van der Waals surface area contributed by atoms with Gasteiger partial charge in [0, 0.05) is 6.42 Å². The molecule has 1 aliphatic carbocycles. The molecule has 86 valence electrons. The Balaban J connectivity index is 2.21. The van der Waals surface area contributed by atoms with Crippen LogP contribution in [0.1, 0.15) is 46.5 Å². The van der Waals surface area contributed by atoms with Crippen LogP contribution in [0.5, 0.6) is 0 Å². The van der Waals surface area contributed by atoms with E-state index in [-0.39, 0.29) is 17.6 Å². The smallest absolute Gasteiger partial charge is 0.0822 e. The standard InChI is InChI=1S/C13H22O2/c1-9(14)7-11-12-10(8-15-11)5-4-6-13(12,2)3/h9,11,14H,4-8H2,1-3H3/t9-,11-/m1/s1. The summed E-state index contributed by atoms with van der Waals surface area (Å²) in [5.41, 5.74) is 3.29. The molecule has 2 rings (SSSR count). The first-order chi connectivity index (χ1) is 7.00. The largest absolute Gasteiger partial charge is 0.393 e. The van der Waals surface area contributed by atoms with Crippen molar-refractivity contribution < 1.29 is 9.84 Å². The second-order valence-electron chi connectivity index (χ2n) is 5.64. The second-order valence-corrected chi connectivity index (χ2v) is 5.64. The van der Waals surface area contributed by atoms with Crippen LogP contribution in [0.3, 0.4) is 0 Å². The van der Waals surface area contributed by atoms with Gasteiger partial charge < -0.3 is 9.84 Å². The van der Waals surface area contributed by atoms with Crippen molar-refractivity contribution in [2.45, 2.75) is 58.7 Å². The molecule has 0 unspecified atom stereocenters. The van der Waals surface area contributed by atoms with Crippen LogP contribution in [0.4, 0.5) is 0 Å². The zero-order chi connectivity index (χ0) is 11.1. The van der Waals surface area contributed by atoms with Crippen molar-refractivity contribution in [1.29, 1.82) is 0 Å². The molecule has 1 heterocycles. The van der Waals surface area contributed by atoms with Crippen LogP contribution in [-0.2, 0) is 4.74 Å². The average Bonchev–Trinajstić information content (AvgIpc) is 2.48. The van der Waals surface area contributed by atoms with Crippen LogP contribution < -0.4 is 0 Å². The van der Waals surface area contributed by atoms with E-state index in [1.165, 1.54) is 30.4 Å². The molecule has 0 spiro atoms. The molecule has 1 N–H and O–H groups in total. The highest BCUT2D eigenvalue weighted by Gasteiger charge is 2.39. The van der Waals surface area contributed by atoms with Gasteiger partial charge in [-0.2, -0.15) is 0 Å². The van der Waals surface area contributed by atoms with E-state index in [2.05, 4.69) is 13.8 Å². The number of rotatable bonds is 2. The normalized spacial score (nSPS) is 31.6. The molecular formula is C13H22O2. The van der Waals surface area contributed by atoms with Gasteiger partial charge in [-0.3, -0.25) is 0 Å². The van der Waals surface area contributed by atoms with E-state index >= 15 is 0 Å². The van der Waals surface area contributed by atoms with E-state index in [1.54, 1.807) is 0 Å². The fourth-order valence-corrected chi connectivity index (χ4v) is 3.09. The van der Waals surface area contributed by atoms with Crippen molar-refractivity contribution in [1.82, 2.24) is 0 Å². The first-order valence-electron chi connectivity index (χ1n) is 6.03. The maximum absolute atomic E-state index is 9.47. The summed E-state index contributed by atoms with van der Waals surface area (Å²) in [5, 5.41) is 9.47. The Kier molecular flexibility index (Phi) is 2.91. The highest BCUT2D eigenvalue weighted by Crippen LogP contribution is 2.46. The molecule has 0 saturated carbocycles. The van der Waals surface area contributed by atoms with Crippen molar-refractivity contribution in [3.8, 4) is 0 Å². The third-order valence-electron chi connectivity index (χ3n) is 3.73. The molecule has 1 aliphatic heterocycles. The molecule has 0 aromatic heterocycles. The third-order valence-corrected chi connectivity index (χ3v) is 3.73. The molecule has 2 atom stereocenters. The lowest BCUT2D eigenvalue weighted by Gasteiger charge is -2.34. The van der Waals surface area contributed by atoms with E-state index < -0.39 is 0 Å². The summed E-state index contributed by atoms with van der Waals surface area (Å²) in [5.74, 6) is 0. The minimum absolute atomic E-state index is 0.176. The first-order valence-corrected chi connectivity index (χ1v) is 6.03. The fraction of sp³-hybridized carbons (Fsp3) is 0.846. The van der Waals surface area contributed by atoms with Crippen molar-refractivity contribution >= 4 is 0 Å². The van der Waals surface area contributed by atoms with Crippen LogP contribution in [0, 0.1) is 5.41 Å². The Morgan fingerprint density at radius 1 is 1.53 bits per heavy atom. The number of hydrogen-bond acceptors (Lipinski definition) is 2. The SMILES string of the molecule is C[C@@H](O)C[C@H]1OCC2=C1C(C)(C)CCC2. The molecule has 2 nitrogen and oxygen atoms in total. The van der Waals surface area contributed by atoms with Crippen LogP contribution in [0.25, 0.3) is 0 Å².